The topological polar surface area (TPSA) is 104 Å². The van der Waals surface area contributed by atoms with E-state index in [1.165, 1.54) is 11.8 Å². The molecule has 1 N–H and O–H groups in total. The number of hydrogen-bond acceptors (Lipinski definition) is 8. The standard InChI is InChI=1S/C23H23N5O4S/c1-4-31-19-11-7-17(8-12-19)28-22(16-5-9-18(30-3)10-6-16)25-26-23(28)33-14-21(29)24-20-13-15(2)32-27-20/h5-13H,4,14H2,1-3H3,(H,24,27,29). The number of nitrogens with one attached hydrogen (secondary N) is 1. The molecule has 0 unspecified atom stereocenters. The molecular formula is C23H23N5O4S. The van der Waals surface area contributed by atoms with Crippen LogP contribution in [-0.2, 0) is 4.79 Å². The fraction of sp³-hybridized carbons (Fsp3) is 0.217. The van der Waals surface area contributed by atoms with Gasteiger partial charge in [-0.3, -0.25) is 9.36 Å². The van der Waals surface area contributed by atoms with Gasteiger partial charge in [0.15, 0.2) is 16.8 Å². The second-order valence-electron chi connectivity index (χ2n) is 6.96. The largest absolute Gasteiger partial charge is 0.497 e. The van der Waals surface area contributed by atoms with Crippen LogP contribution in [0.5, 0.6) is 11.5 Å². The van der Waals surface area contributed by atoms with Crippen LogP contribution in [0.2, 0.25) is 0 Å². The average Bonchev–Trinajstić information content (AvgIpc) is 3.44. The van der Waals surface area contributed by atoms with Crippen molar-refractivity contribution < 1.29 is 18.8 Å². The van der Waals surface area contributed by atoms with Crippen molar-refractivity contribution in [2.75, 3.05) is 24.8 Å². The summed E-state index contributed by atoms with van der Waals surface area (Å²) in [4.78, 5) is 12.4. The van der Waals surface area contributed by atoms with Gasteiger partial charge >= 0.3 is 0 Å². The summed E-state index contributed by atoms with van der Waals surface area (Å²) in [6.45, 7) is 4.29. The second-order valence-corrected chi connectivity index (χ2v) is 7.90. The lowest BCUT2D eigenvalue weighted by Crippen LogP contribution is -2.14. The van der Waals surface area contributed by atoms with Gasteiger partial charge in [-0.2, -0.15) is 0 Å². The molecule has 0 spiro atoms. The second kappa shape index (κ2) is 10.2. The number of aryl methyl sites for hydroxylation is 1. The molecule has 10 heteroatoms. The molecule has 1 amide bonds. The molecule has 170 valence electrons. The van der Waals surface area contributed by atoms with Crippen LogP contribution in [-0.4, -0.2) is 45.3 Å². The lowest BCUT2D eigenvalue weighted by molar-refractivity contribution is -0.113. The lowest BCUT2D eigenvalue weighted by atomic mass is 10.2. The van der Waals surface area contributed by atoms with Crippen LogP contribution >= 0.6 is 11.8 Å². The molecule has 0 aliphatic heterocycles. The van der Waals surface area contributed by atoms with Crippen LogP contribution < -0.4 is 14.8 Å². The number of anilines is 1. The number of benzene rings is 2. The van der Waals surface area contributed by atoms with Gasteiger partial charge in [0, 0.05) is 17.3 Å². The van der Waals surface area contributed by atoms with Gasteiger partial charge in [0.25, 0.3) is 0 Å². The van der Waals surface area contributed by atoms with Crippen molar-refractivity contribution in [3.05, 3.63) is 60.4 Å². The summed E-state index contributed by atoms with van der Waals surface area (Å²) in [5.41, 5.74) is 1.72. The van der Waals surface area contributed by atoms with Crippen molar-refractivity contribution in [1.29, 1.82) is 0 Å². The number of thioether (sulfide) groups is 1. The molecule has 0 atom stereocenters. The predicted octanol–water partition coefficient (Wildman–Crippen LogP) is 4.37. The van der Waals surface area contributed by atoms with Gasteiger partial charge in [-0.1, -0.05) is 16.9 Å². The van der Waals surface area contributed by atoms with E-state index >= 15 is 0 Å². The molecular weight excluding hydrogens is 442 g/mol. The minimum Gasteiger partial charge on any atom is -0.497 e. The van der Waals surface area contributed by atoms with Gasteiger partial charge in [0.2, 0.25) is 5.91 Å². The van der Waals surface area contributed by atoms with Crippen LogP contribution in [0, 0.1) is 6.92 Å². The highest BCUT2D eigenvalue weighted by Crippen LogP contribution is 2.30. The fourth-order valence-electron chi connectivity index (χ4n) is 3.12. The summed E-state index contributed by atoms with van der Waals surface area (Å²) in [5, 5.41) is 15.8. The van der Waals surface area contributed by atoms with E-state index in [1.807, 2.05) is 60.0 Å². The van der Waals surface area contributed by atoms with E-state index in [0.29, 0.717) is 29.2 Å². The first-order valence-electron chi connectivity index (χ1n) is 10.3. The number of aromatic nitrogens is 4. The lowest BCUT2D eigenvalue weighted by Gasteiger charge is -2.12. The Hall–Kier alpha value is -3.79. The smallest absolute Gasteiger partial charge is 0.236 e. The molecule has 9 nitrogen and oxygen atoms in total. The minimum absolute atomic E-state index is 0.129. The Labute approximate surface area is 195 Å². The van der Waals surface area contributed by atoms with Crippen molar-refractivity contribution in [3.8, 4) is 28.6 Å². The quantitative estimate of drug-likeness (QED) is 0.364. The molecule has 4 aromatic rings. The number of carbonyl (C=O) groups excluding carboxylic acids is 1. The number of methoxy groups -OCH3 is 1. The minimum atomic E-state index is -0.222. The van der Waals surface area contributed by atoms with Crippen LogP contribution in [0.1, 0.15) is 12.7 Å². The van der Waals surface area contributed by atoms with E-state index in [0.717, 1.165) is 22.7 Å². The highest BCUT2D eigenvalue weighted by molar-refractivity contribution is 7.99. The maximum Gasteiger partial charge on any atom is 0.236 e. The average molecular weight is 466 g/mol. The molecule has 0 saturated carbocycles. The third kappa shape index (κ3) is 5.35. The van der Waals surface area contributed by atoms with Crippen LogP contribution in [0.4, 0.5) is 5.82 Å². The van der Waals surface area contributed by atoms with Crippen molar-refractivity contribution in [1.82, 2.24) is 19.9 Å². The van der Waals surface area contributed by atoms with E-state index < -0.39 is 0 Å². The Bertz CT molecular complexity index is 1220. The molecule has 2 aromatic carbocycles. The molecule has 0 saturated heterocycles. The first kappa shape index (κ1) is 22.4. The number of carbonyl (C=O) groups is 1. The van der Waals surface area contributed by atoms with Crippen LogP contribution in [0.25, 0.3) is 17.1 Å². The van der Waals surface area contributed by atoms with E-state index in [-0.39, 0.29) is 11.7 Å². The monoisotopic (exact) mass is 465 g/mol. The Morgan fingerprint density at radius 1 is 1.09 bits per heavy atom. The summed E-state index contributed by atoms with van der Waals surface area (Å²) in [5.74, 6) is 3.08. The number of amides is 1. The van der Waals surface area contributed by atoms with Gasteiger partial charge in [0.1, 0.15) is 17.3 Å². The zero-order valence-corrected chi connectivity index (χ0v) is 19.3. The third-order valence-corrected chi connectivity index (χ3v) is 5.54. The van der Waals surface area contributed by atoms with Crippen molar-refractivity contribution >= 4 is 23.5 Å². The van der Waals surface area contributed by atoms with Crippen molar-refractivity contribution in [2.45, 2.75) is 19.0 Å². The summed E-state index contributed by atoms with van der Waals surface area (Å²) in [6, 6.07) is 16.9. The maximum atomic E-state index is 12.4. The molecule has 0 radical (unpaired) electrons. The Morgan fingerprint density at radius 3 is 2.45 bits per heavy atom. The maximum absolute atomic E-state index is 12.4. The number of rotatable bonds is 9. The van der Waals surface area contributed by atoms with Gasteiger partial charge in [0.05, 0.1) is 19.5 Å². The van der Waals surface area contributed by atoms with Gasteiger partial charge in [-0.15, -0.1) is 10.2 Å². The van der Waals surface area contributed by atoms with Gasteiger partial charge in [-0.05, 0) is 62.4 Å². The van der Waals surface area contributed by atoms with E-state index in [9.17, 15) is 4.79 Å². The Morgan fingerprint density at radius 2 is 1.82 bits per heavy atom. The molecule has 2 aromatic heterocycles. The van der Waals surface area contributed by atoms with Crippen molar-refractivity contribution in [3.63, 3.8) is 0 Å². The molecule has 2 heterocycles. The number of ether oxygens (including phenoxy) is 2. The van der Waals surface area contributed by atoms with Crippen LogP contribution in [0.15, 0.2) is 64.3 Å². The summed E-state index contributed by atoms with van der Waals surface area (Å²) in [6.07, 6.45) is 0. The third-order valence-electron chi connectivity index (χ3n) is 4.62. The highest BCUT2D eigenvalue weighted by atomic mass is 32.2. The van der Waals surface area contributed by atoms with E-state index in [4.69, 9.17) is 14.0 Å². The zero-order valence-electron chi connectivity index (χ0n) is 18.4. The molecule has 0 fully saturated rings. The van der Waals surface area contributed by atoms with Gasteiger partial charge in [-0.25, -0.2) is 0 Å². The predicted molar refractivity (Wildman–Crippen MR) is 125 cm³/mol. The normalized spacial score (nSPS) is 10.8. The van der Waals surface area contributed by atoms with Gasteiger partial charge < -0.3 is 19.3 Å². The summed E-state index contributed by atoms with van der Waals surface area (Å²) < 4.78 is 17.7. The SMILES string of the molecule is CCOc1ccc(-n2c(SCC(=O)Nc3cc(C)on3)nnc2-c2ccc(OC)cc2)cc1. The summed E-state index contributed by atoms with van der Waals surface area (Å²) in [7, 11) is 1.62. The number of nitrogens with zero attached hydrogens (tertiary/aromatic N) is 4. The number of hydrogen-bond donors (Lipinski definition) is 1. The first-order chi connectivity index (χ1) is 16.1. The fourth-order valence-corrected chi connectivity index (χ4v) is 3.87. The molecule has 0 bridgehead atoms. The molecule has 33 heavy (non-hydrogen) atoms. The Kier molecular flexibility index (Phi) is 6.94. The summed E-state index contributed by atoms with van der Waals surface area (Å²) >= 11 is 1.28. The zero-order chi connectivity index (χ0) is 23.2. The van der Waals surface area contributed by atoms with E-state index in [2.05, 4.69) is 20.7 Å². The molecule has 0 aliphatic carbocycles. The van der Waals surface area contributed by atoms with Crippen LogP contribution in [0.3, 0.4) is 0 Å². The van der Waals surface area contributed by atoms with Crippen molar-refractivity contribution in [2.24, 2.45) is 0 Å². The first-order valence-corrected chi connectivity index (χ1v) is 11.2. The van der Waals surface area contributed by atoms with E-state index in [1.54, 1.807) is 20.1 Å². The molecule has 4 rings (SSSR count). The Balaban J connectivity index is 1.61. The molecule has 0 aliphatic rings. The highest BCUT2D eigenvalue weighted by Gasteiger charge is 2.18.